The van der Waals surface area contributed by atoms with Crippen molar-refractivity contribution in [2.45, 2.75) is 46.7 Å². The van der Waals surface area contributed by atoms with E-state index in [9.17, 15) is 4.79 Å². The Balaban J connectivity index is 1.77. The molecule has 3 rings (SSSR count). The molecule has 1 atom stereocenters. The standard InChI is InChI=1S/C19H23N5OS/c1-5-9-24-17(20-11-21-24)13(3)22-18(25)15-7-6-8-16(10-15)19-23-12(2)14(4)26-19/h6-8,10-11,13H,5,9H2,1-4H3,(H,22,25). The average molecular weight is 369 g/mol. The Morgan fingerprint density at radius 2 is 2.15 bits per heavy atom. The molecule has 0 saturated heterocycles. The van der Waals surface area contributed by atoms with Crippen LogP contribution < -0.4 is 5.32 Å². The van der Waals surface area contributed by atoms with Crippen molar-refractivity contribution < 1.29 is 4.79 Å². The second kappa shape index (κ2) is 7.78. The molecule has 0 radical (unpaired) electrons. The summed E-state index contributed by atoms with van der Waals surface area (Å²) in [6.07, 6.45) is 2.49. The van der Waals surface area contributed by atoms with E-state index in [4.69, 9.17) is 0 Å². The highest BCUT2D eigenvalue weighted by Crippen LogP contribution is 2.27. The van der Waals surface area contributed by atoms with Crippen molar-refractivity contribution in [2.24, 2.45) is 0 Å². The highest BCUT2D eigenvalue weighted by atomic mass is 32.1. The lowest BCUT2D eigenvalue weighted by molar-refractivity contribution is 0.0937. The zero-order chi connectivity index (χ0) is 18.7. The Labute approximate surface area is 157 Å². The molecule has 7 heteroatoms. The van der Waals surface area contributed by atoms with E-state index in [0.29, 0.717) is 5.56 Å². The van der Waals surface area contributed by atoms with Gasteiger partial charge in [-0.2, -0.15) is 5.10 Å². The number of carbonyl (C=O) groups excluding carboxylic acids is 1. The van der Waals surface area contributed by atoms with Crippen LogP contribution in [0.3, 0.4) is 0 Å². The first-order chi connectivity index (χ1) is 12.5. The van der Waals surface area contributed by atoms with Crippen molar-refractivity contribution in [1.82, 2.24) is 25.1 Å². The summed E-state index contributed by atoms with van der Waals surface area (Å²) in [5.41, 5.74) is 2.60. The van der Waals surface area contributed by atoms with E-state index in [-0.39, 0.29) is 11.9 Å². The molecule has 0 fully saturated rings. The van der Waals surface area contributed by atoms with Crippen LogP contribution in [-0.4, -0.2) is 25.7 Å². The Hall–Kier alpha value is -2.54. The molecule has 26 heavy (non-hydrogen) atoms. The van der Waals surface area contributed by atoms with Crippen LogP contribution in [-0.2, 0) is 6.54 Å². The fourth-order valence-corrected chi connectivity index (χ4v) is 3.64. The van der Waals surface area contributed by atoms with Crippen LogP contribution in [0.1, 0.15) is 53.1 Å². The van der Waals surface area contributed by atoms with Gasteiger partial charge in [-0.15, -0.1) is 11.3 Å². The van der Waals surface area contributed by atoms with Gasteiger partial charge in [0.2, 0.25) is 0 Å². The molecule has 1 unspecified atom stereocenters. The first-order valence-electron chi connectivity index (χ1n) is 8.72. The van der Waals surface area contributed by atoms with Gasteiger partial charge in [0.1, 0.15) is 17.2 Å². The minimum atomic E-state index is -0.218. The summed E-state index contributed by atoms with van der Waals surface area (Å²) in [5, 5.41) is 8.17. The van der Waals surface area contributed by atoms with E-state index in [1.54, 1.807) is 11.3 Å². The monoisotopic (exact) mass is 369 g/mol. The molecule has 136 valence electrons. The molecule has 2 heterocycles. The van der Waals surface area contributed by atoms with Crippen LogP contribution >= 0.6 is 11.3 Å². The van der Waals surface area contributed by atoms with Gasteiger partial charge in [-0.1, -0.05) is 19.1 Å². The fraction of sp³-hybridized carbons (Fsp3) is 0.368. The predicted molar refractivity (Wildman–Crippen MR) is 103 cm³/mol. The lowest BCUT2D eigenvalue weighted by atomic mass is 10.1. The third-order valence-electron chi connectivity index (χ3n) is 4.22. The van der Waals surface area contributed by atoms with Crippen LogP contribution in [0.25, 0.3) is 10.6 Å². The van der Waals surface area contributed by atoms with Gasteiger partial charge in [0.25, 0.3) is 5.91 Å². The number of aryl methyl sites for hydroxylation is 3. The van der Waals surface area contributed by atoms with Crippen molar-refractivity contribution >= 4 is 17.2 Å². The zero-order valence-electron chi connectivity index (χ0n) is 15.5. The third-order valence-corrected chi connectivity index (χ3v) is 5.34. The summed E-state index contributed by atoms with van der Waals surface area (Å²) in [6.45, 7) is 8.85. The summed E-state index contributed by atoms with van der Waals surface area (Å²) in [4.78, 5) is 22.8. The predicted octanol–water partition coefficient (Wildman–Crippen LogP) is 3.92. The molecule has 1 amide bonds. The number of hydrogen-bond donors (Lipinski definition) is 1. The van der Waals surface area contributed by atoms with Gasteiger partial charge in [-0.25, -0.2) is 14.6 Å². The zero-order valence-corrected chi connectivity index (χ0v) is 16.3. The summed E-state index contributed by atoms with van der Waals surface area (Å²) in [6, 6.07) is 7.35. The first kappa shape index (κ1) is 18.3. The van der Waals surface area contributed by atoms with Gasteiger partial charge in [-0.3, -0.25) is 4.79 Å². The summed E-state index contributed by atoms with van der Waals surface area (Å²) in [7, 11) is 0. The SMILES string of the molecule is CCCn1ncnc1C(C)NC(=O)c1cccc(-c2nc(C)c(C)s2)c1. The molecule has 1 aromatic carbocycles. The largest absolute Gasteiger partial charge is 0.342 e. The van der Waals surface area contributed by atoms with Crippen LogP contribution in [0.5, 0.6) is 0 Å². The molecule has 1 N–H and O–H groups in total. The van der Waals surface area contributed by atoms with Gasteiger partial charge in [0, 0.05) is 22.5 Å². The van der Waals surface area contributed by atoms with Crippen LogP contribution in [0, 0.1) is 13.8 Å². The molecule has 0 aliphatic carbocycles. The summed E-state index contributed by atoms with van der Waals surface area (Å²) >= 11 is 1.64. The van der Waals surface area contributed by atoms with E-state index >= 15 is 0 Å². The van der Waals surface area contributed by atoms with Gasteiger partial charge in [0.15, 0.2) is 0 Å². The van der Waals surface area contributed by atoms with Gasteiger partial charge >= 0.3 is 0 Å². The fourth-order valence-electron chi connectivity index (χ4n) is 2.73. The lowest BCUT2D eigenvalue weighted by Crippen LogP contribution is -2.29. The Morgan fingerprint density at radius 3 is 2.85 bits per heavy atom. The van der Waals surface area contributed by atoms with Gasteiger partial charge in [-0.05, 0) is 39.3 Å². The maximum atomic E-state index is 12.7. The molecule has 0 spiro atoms. The third kappa shape index (κ3) is 3.83. The van der Waals surface area contributed by atoms with Crippen LogP contribution in [0.15, 0.2) is 30.6 Å². The molecule has 0 bridgehead atoms. The molecular formula is C19H23N5OS. The number of rotatable bonds is 6. The smallest absolute Gasteiger partial charge is 0.251 e. The first-order valence-corrected chi connectivity index (χ1v) is 9.54. The van der Waals surface area contributed by atoms with Gasteiger partial charge < -0.3 is 5.32 Å². The van der Waals surface area contributed by atoms with Crippen molar-refractivity contribution in [3.63, 3.8) is 0 Å². The molecule has 0 aliphatic rings. The molecular weight excluding hydrogens is 346 g/mol. The maximum Gasteiger partial charge on any atom is 0.251 e. The second-order valence-electron chi connectivity index (χ2n) is 6.28. The number of nitrogens with zero attached hydrogens (tertiary/aromatic N) is 4. The summed E-state index contributed by atoms with van der Waals surface area (Å²) in [5.74, 6) is 0.637. The highest BCUT2D eigenvalue weighted by Gasteiger charge is 2.17. The Bertz CT molecular complexity index is 895. The minimum Gasteiger partial charge on any atom is -0.342 e. The van der Waals surface area contributed by atoms with Gasteiger partial charge in [0.05, 0.1) is 11.7 Å². The quantitative estimate of drug-likeness (QED) is 0.715. The molecule has 3 aromatic rings. The summed E-state index contributed by atoms with van der Waals surface area (Å²) < 4.78 is 1.84. The van der Waals surface area contributed by atoms with Crippen molar-refractivity contribution in [3.05, 3.63) is 52.6 Å². The highest BCUT2D eigenvalue weighted by molar-refractivity contribution is 7.15. The Kier molecular flexibility index (Phi) is 5.46. The van der Waals surface area contributed by atoms with E-state index < -0.39 is 0 Å². The van der Waals surface area contributed by atoms with Crippen molar-refractivity contribution in [3.8, 4) is 10.6 Å². The molecule has 6 nitrogen and oxygen atoms in total. The topological polar surface area (TPSA) is 72.7 Å². The molecule has 0 saturated carbocycles. The van der Waals surface area contributed by atoms with E-state index in [0.717, 1.165) is 35.1 Å². The average Bonchev–Trinajstić information content (AvgIpc) is 3.22. The number of thiazole rings is 1. The van der Waals surface area contributed by atoms with Crippen LogP contribution in [0.2, 0.25) is 0 Å². The Morgan fingerprint density at radius 1 is 1.35 bits per heavy atom. The van der Waals surface area contributed by atoms with E-state index in [2.05, 4.69) is 34.2 Å². The number of benzene rings is 1. The van der Waals surface area contributed by atoms with E-state index in [1.807, 2.05) is 42.8 Å². The molecule has 2 aromatic heterocycles. The second-order valence-corrected chi connectivity index (χ2v) is 7.48. The number of aromatic nitrogens is 4. The van der Waals surface area contributed by atoms with Crippen LogP contribution in [0.4, 0.5) is 0 Å². The maximum absolute atomic E-state index is 12.7. The number of amides is 1. The van der Waals surface area contributed by atoms with Crippen molar-refractivity contribution in [1.29, 1.82) is 0 Å². The lowest BCUT2D eigenvalue weighted by Gasteiger charge is -2.14. The van der Waals surface area contributed by atoms with E-state index in [1.165, 1.54) is 11.2 Å². The minimum absolute atomic E-state index is 0.129. The van der Waals surface area contributed by atoms with Crippen molar-refractivity contribution in [2.75, 3.05) is 0 Å². The number of hydrogen-bond acceptors (Lipinski definition) is 5. The molecule has 0 aliphatic heterocycles. The number of nitrogens with one attached hydrogen (secondary N) is 1. The normalized spacial score (nSPS) is 12.2. The number of carbonyl (C=O) groups is 1.